The number of carbonyl (C=O) groups excluding carboxylic acids is 1. The second-order valence-electron chi connectivity index (χ2n) is 7.47. The second kappa shape index (κ2) is 8.52. The van der Waals surface area contributed by atoms with E-state index in [1.165, 1.54) is 0 Å². The zero-order valence-electron chi connectivity index (χ0n) is 17.3. The Hall–Kier alpha value is -2.73. The Morgan fingerprint density at radius 2 is 1.96 bits per heavy atom. The van der Waals surface area contributed by atoms with E-state index in [1.807, 2.05) is 55.3 Å². The lowest BCUT2D eigenvalue weighted by Gasteiger charge is -2.25. The van der Waals surface area contributed by atoms with Gasteiger partial charge in [-0.1, -0.05) is 44.2 Å². The van der Waals surface area contributed by atoms with Crippen molar-refractivity contribution in [1.29, 1.82) is 0 Å². The molecule has 0 spiro atoms. The van der Waals surface area contributed by atoms with Crippen LogP contribution in [0.25, 0.3) is 22.3 Å². The first-order chi connectivity index (χ1) is 13.4. The van der Waals surface area contributed by atoms with Gasteiger partial charge in [-0.15, -0.1) is 0 Å². The first kappa shape index (κ1) is 20.0. The quantitative estimate of drug-likeness (QED) is 0.627. The van der Waals surface area contributed by atoms with Crippen molar-refractivity contribution in [1.82, 2.24) is 19.7 Å². The third-order valence-electron chi connectivity index (χ3n) is 4.71. The number of fused-ring (bicyclic) bond motifs is 1. The van der Waals surface area contributed by atoms with Gasteiger partial charge in [-0.05, 0) is 18.9 Å². The van der Waals surface area contributed by atoms with E-state index in [9.17, 15) is 4.79 Å². The first-order valence-electron chi connectivity index (χ1n) is 9.60. The van der Waals surface area contributed by atoms with Crippen LogP contribution in [-0.4, -0.2) is 52.4 Å². The van der Waals surface area contributed by atoms with E-state index in [4.69, 9.17) is 9.72 Å². The van der Waals surface area contributed by atoms with E-state index < -0.39 is 0 Å². The normalized spacial score (nSPS) is 11.4. The molecule has 1 amide bonds. The van der Waals surface area contributed by atoms with E-state index in [0.717, 1.165) is 28.0 Å². The molecule has 0 bridgehead atoms. The average Bonchev–Trinajstić information content (AvgIpc) is 2.98. The van der Waals surface area contributed by atoms with Gasteiger partial charge < -0.3 is 9.64 Å². The number of nitrogens with zero attached hydrogens (tertiary/aromatic N) is 4. The number of hydrogen-bond donors (Lipinski definition) is 0. The summed E-state index contributed by atoms with van der Waals surface area (Å²) in [5, 5.41) is 5.33. The van der Waals surface area contributed by atoms with Crippen molar-refractivity contribution in [3.63, 3.8) is 0 Å². The minimum atomic E-state index is -0.00793. The lowest BCUT2D eigenvalue weighted by atomic mass is 10.0. The summed E-state index contributed by atoms with van der Waals surface area (Å²) in [6, 6.07) is 11.8. The fourth-order valence-electron chi connectivity index (χ4n) is 3.46. The van der Waals surface area contributed by atoms with E-state index in [-0.39, 0.29) is 5.91 Å². The maximum absolute atomic E-state index is 13.6. The molecule has 6 heteroatoms. The number of pyridine rings is 1. The van der Waals surface area contributed by atoms with Gasteiger partial charge in [-0.25, -0.2) is 4.98 Å². The minimum Gasteiger partial charge on any atom is -0.383 e. The summed E-state index contributed by atoms with van der Waals surface area (Å²) < 4.78 is 6.97. The molecule has 148 valence electrons. The standard InChI is InChI=1S/C22H28N4O2/c1-15(2)14-26(11-12-28-5)22(27)18-13-19(17-9-7-6-8-10-17)23-21-20(18)16(3)24-25(21)4/h6-10,13,15H,11-12,14H2,1-5H3. The van der Waals surface area contributed by atoms with E-state index in [2.05, 4.69) is 18.9 Å². The smallest absolute Gasteiger partial charge is 0.254 e. The molecule has 0 saturated heterocycles. The van der Waals surface area contributed by atoms with Crippen LogP contribution < -0.4 is 0 Å². The SMILES string of the molecule is COCCN(CC(C)C)C(=O)c1cc(-c2ccccc2)nc2c1c(C)nn2C. The summed E-state index contributed by atoms with van der Waals surface area (Å²) >= 11 is 0. The molecule has 0 saturated carbocycles. The Morgan fingerprint density at radius 3 is 2.61 bits per heavy atom. The van der Waals surface area contributed by atoms with Crippen molar-refractivity contribution in [3.05, 3.63) is 47.7 Å². The summed E-state index contributed by atoms with van der Waals surface area (Å²) in [5.41, 5.74) is 3.93. The third-order valence-corrected chi connectivity index (χ3v) is 4.71. The van der Waals surface area contributed by atoms with Crippen LogP contribution in [0.3, 0.4) is 0 Å². The Labute approximate surface area is 166 Å². The largest absolute Gasteiger partial charge is 0.383 e. The number of carbonyl (C=O) groups is 1. The van der Waals surface area contributed by atoms with Crippen LogP contribution in [0.2, 0.25) is 0 Å². The molecule has 0 N–H and O–H groups in total. The Kier molecular flexibility index (Phi) is 6.09. The summed E-state index contributed by atoms with van der Waals surface area (Å²) in [6.45, 7) is 7.87. The molecule has 28 heavy (non-hydrogen) atoms. The summed E-state index contributed by atoms with van der Waals surface area (Å²) in [4.78, 5) is 20.2. The van der Waals surface area contributed by atoms with Crippen LogP contribution in [0.1, 0.15) is 29.9 Å². The number of aromatic nitrogens is 3. The molecule has 0 aliphatic heterocycles. The molecule has 6 nitrogen and oxygen atoms in total. The molecule has 0 aliphatic rings. The van der Waals surface area contributed by atoms with Gasteiger partial charge in [0.15, 0.2) is 5.65 Å². The summed E-state index contributed by atoms with van der Waals surface area (Å²) in [7, 11) is 3.52. The molecule has 0 unspecified atom stereocenters. The average molecular weight is 380 g/mol. The number of ether oxygens (including phenoxy) is 1. The molecular weight excluding hydrogens is 352 g/mol. The molecule has 0 atom stereocenters. The molecule has 2 heterocycles. The van der Waals surface area contributed by atoms with E-state index >= 15 is 0 Å². The first-order valence-corrected chi connectivity index (χ1v) is 9.60. The predicted molar refractivity (Wildman–Crippen MR) is 111 cm³/mol. The summed E-state index contributed by atoms with van der Waals surface area (Å²) in [5.74, 6) is 0.355. The van der Waals surface area contributed by atoms with Gasteiger partial charge in [-0.3, -0.25) is 9.48 Å². The number of hydrogen-bond acceptors (Lipinski definition) is 4. The fourth-order valence-corrected chi connectivity index (χ4v) is 3.46. The number of benzene rings is 1. The Balaban J connectivity index is 2.15. The Bertz CT molecular complexity index is 964. The fraction of sp³-hybridized carbons (Fsp3) is 0.409. The highest BCUT2D eigenvalue weighted by Gasteiger charge is 2.23. The zero-order chi connectivity index (χ0) is 20.3. The van der Waals surface area contributed by atoms with Gasteiger partial charge in [0.05, 0.1) is 28.9 Å². The monoisotopic (exact) mass is 380 g/mol. The number of methoxy groups -OCH3 is 1. The van der Waals surface area contributed by atoms with E-state index in [0.29, 0.717) is 31.2 Å². The minimum absolute atomic E-state index is 0.00793. The number of rotatable bonds is 7. The Morgan fingerprint density at radius 1 is 1.25 bits per heavy atom. The van der Waals surface area contributed by atoms with Gasteiger partial charge in [-0.2, -0.15) is 5.10 Å². The molecule has 3 aromatic rings. The van der Waals surface area contributed by atoms with Crippen molar-refractivity contribution in [2.75, 3.05) is 26.8 Å². The molecule has 0 radical (unpaired) electrons. The van der Waals surface area contributed by atoms with Gasteiger partial charge in [0.25, 0.3) is 5.91 Å². The van der Waals surface area contributed by atoms with Crippen LogP contribution in [0, 0.1) is 12.8 Å². The lowest BCUT2D eigenvalue weighted by molar-refractivity contribution is 0.0674. The van der Waals surface area contributed by atoms with Crippen LogP contribution in [0.15, 0.2) is 36.4 Å². The number of aryl methyl sites for hydroxylation is 2. The van der Waals surface area contributed by atoms with Gasteiger partial charge in [0.1, 0.15) is 0 Å². The highest BCUT2D eigenvalue weighted by molar-refractivity contribution is 6.07. The van der Waals surface area contributed by atoms with Crippen molar-refractivity contribution < 1.29 is 9.53 Å². The van der Waals surface area contributed by atoms with Crippen molar-refractivity contribution >= 4 is 16.9 Å². The molecular formula is C22H28N4O2. The molecule has 2 aromatic heterocycles. The predicted octanol–water partition coefficient (Wildman–Crippen LogP) is 3.69. The van der Waals surface area contributed by atoms with Crippen LogP contribution in [0.5, 0.6) is 0 Å². The molecule has 1 aromatic carbocycles. The van der Waals surface area contributed by atoms with Crippen molar-refractivity contribution in [2.24, 2.45) is 13.0 Å². The third kappa shape index (κ3) is 4.07. The lowest BCUT2D eigenvalue weighted by Crippen LogP contribution is -2.37. The van der Waals surface area contributed by atoms with Crippen LogP contribution >= 0.6 is 0 Å². The topological polar surface area (TPSA) is 60.2 Å². The van der Waals surface area contributed by atoms with Gasteiger partial charge in [0.2, 0.25) is 0 Å². The summed E-state index contributed by atoms with van der Waals surface area (Å²) in [6.07, 6.45) is 0. The van der Waals surface area contributed by atoms with Gasteiger partial charge >= 0.3 is 0 Å². The maximum atomic E-state index is 13.6. The van der Waals surface area contributed by atoms with Crippen molar-refractivity contribution in [2.45, 2.75) is 20.8 Å². The zero-order valence-corrected chi connectivity index (χ0v) is 17.3. The van der Waals surface area contributed by atoms with Gasteiger partial charge in [0, 0.05) is 32.8 Å². The van der Waals surface area contributed by atoms with Crippen LogP contribution in [0.4, 0.5) is 0 Å². The second-order valence-corrected chi connectivity index (χ2v) is 7.47. The van der Waals surface area contributed by atoms with Crippen molar-refractivity contribution in [3.8, 4) is 11.3 Å². The molecule has 3 rings (SSSR count). The molecule has 0 fully saturated rings. The number of amides is 1. The molecule has 0 aliphatic carbocycles. The van der Waals surface area contributed by atoms with E-state index in [1.54, 1.807) is 11.8 Å². The maximum Gasteiger partial charge on any atom is 0.254 e. The highest BCUT2D eigenvalue weighted by atomic mass is 16.5. The van der Waals surface area contributed by atoms with Crippen LogP contribution in [-0.2, 0) is 11.8 Å². The highest BCUT2D eigenvalue weighted by Crippen LogP contribution is 2.28.